The quantitative estimate of drug-likeness (QED) is 0.498. The predicted octanol–water partition coefficient (Wildman–Crippen LogP) is 5.04. The van der Waals surface area contributed by atoms with Crippen LogP contribution in [0.15, 0.2) is 71.2 Å². The van der Waals surface area contributed by atoms with E-state index in [1.54, 1.807) is 19.2 Å². The Morgan fingerprint density at radius 1 is 1.17 bits per heavy atom. The third kappa shape index (κ3) is 4.66. The second-order valence-electron chi connectivity index (χ2n) is 9.10. The molecule has 1 N–H and O–H groups in total. The van der Waals surface area contributed by atoms with Crippen LogP contribution < -0.4 is 4.74 Å². The number of methoxy groups -OCH3 is 1. The van der Waals surface area contributed by atoms with Gasteiger partial charge in [0.15, 0.2) is 9.84 Å². The first-order valence-corrected chi connectivity index (χ1v) is 13.9. The van der Waals surface area contributed by atoms with Gasteiger partial charge in [-0.15, -0.1) is 0 Å². The largest absolute Gasteiger partial charge is 0.432 e. The Morgan fingerprint density at radius 3 is 2.60 bits per heavy atom. The molecule has 0 saturated carbocycles. The molecule has 1 aliphatic heterocycles. The van der Waals surface area contributed by atoms with Crippen LogP contribution in [0.3, 0.4) is 0 Å². The molecule has 3 aromatic rings. The molecule has 0 bridgehead atoms. The van der Waals surface area contributed by atoms with E-state index in [1.807, 2.05) is 37.3 Å². The number of H-pyrrole nitrogens is 1. The molecule has 1 aliphatic carbocycles. The lowest BCUT2D eigenvalue weighted by atomic mass is 9.89. The van der Waals surface area contributed by atoms with Gasteiger partial charge in [0.1, 0.15) is 5.75 Å². The van der Waals surface area contributed by atoms with Crippen molar-refractivity contribution in [2.24, 2.45) is 0 Å². The first kappa shape index (κ1) is 23.8. The van der Waals surface area contributed by atoms with Gasteiger partial charge in [-0.25, -0.2) is 8.42 Å². The van der Waals surface area contributed by atoms with Gasteiger partial charge >= 0.3 is 0 Å². The van der Waals surface area contributed by atoms with Gasteiger partial charge in [-0.3, -0.25) is 0 Å². The zero-order valence-electron chi connectivity index (χ0n) is 19.9. The van der Waals surface area contributed by atoms with Crippen molar-refractivity contribution >= 4 is 38.1 Å². The summed E-state index contributed by atoms with van der Waals surface area (Å²) in [4.78, 5) is 5.99. The lowest BCUT2D eigenvalue weighted by molar-refractivity contribution is 0.141. The number of thiocarbonyl (C=S) groups is 1. The van der Waals surface area contributed by atoms with Crippen molar-refractivity contribution in [3.8, 4) is 5.75 Å². The van der Waals surface area contributed by atoms with Crippen LogP contribution in [0.25, 0.3) is 10.9 Å². The fourth-order valence-corrected chi connectivity index (χ4v) is 5.74. The number of rotatable bonds is 4. The number of nitrogens with one attached hydrogen (secondary N) is 1. The van der Waals surface area contributed by atoms with Gasteiger partial charge in [-0.1, -0.05) is 35.9 Å². The van der Waals surface area contributed by atoms with Crippen LogP contribution >= 0.6 is 12.2 Å². The fraction of sp³-hybridized carbons (Fsp3) is 0.296. The van der Waals surface area contributed by atoms with E-state index < -0.39 is 9.84 Å². The minimum absolute atomic E-state index is 0.0473. The van der Waals surface area contributed by atoms with Crippen molar-refractivity contribution in [3.05, 3.63) is 83.1 Å². The average molecular weight is 509 g/mol. The molecule has 35 heavy (non-hydrogen) atoms. The predicted molar refractivity (Wildman–Crippen MR) is 142 cm³/mol. The average Bonchev–Trinajstić information content (AvgIpc) is 3.22. The van der Waals surface area contributed by atoms with Gasteiger partial charge in [0.05, 0.1) is 17.0 Å². The Balaban J connectivity index is 1.57. The maximum atomic E-state index is 12.2. The smallest absolute Gasteiger partial charge is 0.265 e. The number of sulfone groups is 1. The fourth-order valence-electron chi connectivity index (χ4n) is 4.80. The summed E-state index contributed by atoms with van der Waals surface area (Å²) in [7, 11) is -1.60. The molecule has 0 spiro atoms. The molecule has 8 heteroatoms. The van der Waals surface area contributed by atoms with Gasteiger partial charge in [0.2, 0.25) is 0 Å². The summed E-state index contributed by atoms with van der Waals surface area (Å²) in [5.41, 5.74) is 5.30. The Hall–Kier alpha value is -2.94. The first-order valence-electron chi connectivity index (χ1n) is 11.6. The van der Waals surface area contributed by atoms with Crippen LogP contribution in [0.4, 0.5) is 0 Å². The highest BCUT2D eigenvalue weighted by molar-refractivity contribution is 7.90. The Morgan fingerprint density at radius 2 is 1.94 bits per heavy atom. The zero-order chi connectivity index (χ0) is 24.7. The second kappa shape index (κ2) is 9.26. The highest BCUT2D eigenvalue weighted by Crippen LogP contribution is 2.41. The minimum atomic E-state index is -3.31. The molecule has 0 radical (unpaired) electrons. The van der Waals surface area contributed by atoms with Crippen LogP contribution in [-0.2, 0) is 21.0 Å². The Bertz CT molecular complexity index is 1450. The van der Waals surface area contributed by atoms with Gasteiger partial charge in [0, 0.05) is 36.5 Å². The molecule has 0 saturated heterocycles. The van der Waals surface area contributed by atoms with E-state index >= 15 is 0 Å². The van der Waals surface area contributed by atoms with Gasteiger partial charge < -0.3 is 19.4 Å². The van der Waals surface area contributed by atoms with E-state index in [4.69, 9.17) is 21.7 Å². The summed E-state index contributed by atoms with van der Waals surface area (Å²) in [5, 5.41) is 1.34. The standard InChI is InChI=1S/C27H28N2O4S2/c1-17-4-8-20(9-5-17)33-27(34)29-15-14-22-23-16-21(35(3,30)31)12-13-24(23)28-25(22)26(29)18-6-10-19(32-2)11-7-18/h4-10,12-13,16,19,26,28H,11,14-15H2,1-3H3. The molecule has 6 nitrogen and oxygen atoms in total. The highest BCUT2D eigenvalue weighted by atomic mass is 32.2. The molecule has 2 atom stereocenters. The number of aryl methyl sites for hydroxylation is 1. The summed E-state index contributed by atoms with van der Waals surface area (Å²) < 4.78 is 36.0. The number of aromatic amines is 1. The minimum Gasteiger partial charge on any atom is -0.432 e. The van der Waals surface area contributed by atoms with E-state index in [1.165, 1.54) is 6.26 Å². The summed E-state index contributed by atoms with van der Waals surface area (Å²) in [6.07, 6.45) is 9.11. The molecular formula is C27H28N2O4S2. The lowest BCUT2D eigenvalue weighted by Crippen LogP contribution is -2.42. The molecule has 2 heterocycles. The van der Waals surface area contributed by atoms with Crippen molar-refractivity contribution in [3.63, 3.8) is 0 Å². The summed E-state index contributed by atoms with van der Waals surface area (Å²) >= 11 is 5.80. The van der Waals surface area contributed by atoms with Crippen LogP contribution in [0.1, 0.15) is 29.3 Å². The summed E-state index contributed by atoms with van der Waals surface area (Å²) in [5.74, 6) is 0.701. The van der Waals surface area contributed by atoms with Crippen LogP contribution in [0, 0.1) is 6.92 Å². The third-order valence-electron chi connectivity index (χ3n) is 6.69. The van der Waals surface area contributed by atoms with Gasteiger partial charge in [-0.2, -0.15) is 0 Å². The molecule has 182 valence electrons. The van der Waals surface area contributed by atoms with Crippen molar-refractivity contribution in [1.29, 1.82) is 0 Å². The number of nitrogens with zero attached hydrogens (tertiary/aromatic N) is 1. The van der Waals surface area contributed by atoms with Crippen molar-refractivity contribution in [2.75, 3.05) is 19.9 Å². The molecule has 5 rings (SSSR count). The monoisotopic (exact) mass is 508 g/mol. The third-order valence-corrected chi connectivity index (χ3v) is 8.12. The molecule has 0 fully saturated rings. The number of ether oxygens (including phenoxy) is 2. The second-order valence-corrected chi connectivity index (χ2v) is 11.5. The van der Waals surface area contributed by atoms with Gasteiger partial charge in [-0.05, 0) is 73.5 Å². The highest BCUT2D eigenvalue weighted by Gasteiger charge is 2.35. The maximum Gasteiger partial charge on any atom is 0.265 e. The van der Waals surface area contributed by atoms with Crippen LogP contribution in [0.5, 0.6) is 5.75 Å². The molecule has 2 aromatic carbocycles. The van der Waals surface area contributed by atoms with Crippen molar-refractivity contribution in [1.82, 2.24) is 9.88 Å². The molecule has 1 aromatic heterocycles. The number of aromatic nitrogens is 1. The maximum absolute atomic E-state index is 12.2. The lowest BCUT2D eigenvalue weighted by Gasteiger charge is -2.38. The topological polar surface area (TPSA) is 71.6 Å². The normalized spacial score (nSPS) is 20.0. The van der Waals surface area contributed by atoms with E-state index in [0.29, 0.717) is 28.8 Å². The van der Waals surface area contributed by atoms with Crippen LogP contribution in [0.2, 0.25) is 0 Å². The van der Waals surface area contributed by atoms with E-state index in [-0.39, 0.29) is 12.1 Å². The molecular weight excluding hydrogens is 480 g/mol. The van der Waals surface area contributed by atoms with Gasteiger partial charge in [0.25, 0.3) is 5.17 Å². The van der Waals surface area contributed by atoms with E-state index in [9.17, 15) is 8.42 Å². The van der Waals surface area contributed by atoms with E-state index in [0.717, 1.165) is 39.7 Å². The number of hydrogen-bond acceptors (Lipinski definition) is 5. The van der Waals surface area contributed by atoms with Crippen molar-refractivity contribution < 1.29 is 17.9 Å². The van der Waals surface area contributed by atoms with Crippen LogP contribution in [-0.4, -0.2) is 49.5 Å². The SMILES string of the molecule is COC1C=CC(C2c3[nH]c4ccc(S(C)(=O)=O)cc4c3CCN2C(=S)Oc2ccc(C)cc2)=CC1. The number of benzene rings is 2. The zero-order valence-corrected chi connectivity index (χ0v) is 21.6. The van der Waals surface area contributed by atoms with E-state index in [2.05, 4.69) is 28.1 Å². The first-order chi connectivity index (χ1) is 16.7. The number of hydrogen-bond donors (Lipinski definition) is 1. The molecule has 2 unspecified atom stereocenters. The summed E-state index contributed by atoms with van der Waals surface area (Å²) in [6.45, 7) is 2.68. The Kier molecular flexibility index (Phi) is 6.29. The van der Waals surface area contributed by atoms with Crippen molar-refractivity contribution in [2.45, 2.75) is 36.8 Å². The Labute approximate surface area is 211 Å². The molecule has 0 amide bonds. The summed E-state index contributed by atoms with van der Waals surface area (Å²) in [6, 6.07) is 12.9. The number of fused-ring (bicyclic) bond motifs is 3. The molecule has 2 aliphatic rings.